The predicted molar refractivity (Wildman–Crippen MR) is 126 cm³/mol. The summed E-state index contributed by atoms with van der Waals surface area (Å²) in [6.45, 7) is 4.10. The van der Waals surface area contributed by atoms with Crippen molar-refractivity contribution >= 4 is 28.9 Å². The highest BCUT2D eigenvalue weighted by Gasteiger charge is 2.38. The minimum Gasteiger partial charge on any atom is -0.479 e. The van der Waals surface area contributed by atoms with Gasteiger partial charge < -0.3 is 14.2 Å². The number of carbonyl (C=O) groups excluding carboxylic acids is 2. The molecule has 7 nitrogen and oxygen atoms in total. The third kappa shape index (κ3) is 5.07. The lowest BCUT2D eigenvalue weighted by Crippen LogP contribution is -2.51. The first-order valence-corrected chi connectivity index (χ1v) is 11.6. The van der Waals surface area contributed by atoms with Crippen molar-refractivity contribution in [1.29, 1.82) is 0 Å². The minimum absolute atomic E-state index is 0.147. The fourth-order valence-corrected chi connectivity index (χ4v) is 4.41. The van der Waals surface area contributed by atoms with E-state index in [1.807, 2.05) is 53.9 Å². The summed E-state index contributed by atoms with van der Waals surface area (Å²) in [7, 11) is 1.66. The summed E-state index contributed by atoms with van der Waals surface area (Å²) in [4.78, 5) is 32.0. The number of esters is 1. The van der Waals surface area contributed by atoms with E-state index in [4.69, 9.17) is 14.2 Å². The fraction of sp³-hybridized carbons (Fsp3) is 0.320. The van der Waals surface area contributed by atoms with Gasteiger partial charge in [-0.1, -0.05) is 30.3 Å². The zero-order chi connectivity index (χ0) is 23.4. The molecule has 33 heavy (non-hydrogen) atoms. The Hall–Kier alpha value is -3.23. The molecule has 1 aliphatic rings. The SMILES string of the molecule is COCCc1nc(-c2ccc3c(c2)N(C(C)C(=O)OCc2ccccc2)C(=O)C(C)O3)cs1. The van der Waals surface area contributed by atoms with Crippen LogP contribution in [0.25, 0.3) is 11.3 Å². The van der Waals surface area contributed by atoms with Gasteiger partial charge in [-0.05, 0) is 37.6 Å². The number of amides is 1. The average molecular weight is 467 g/mol. The Balaban J connectivity index is 1.58. The van der Waals surface area contributed by atoms with E-state index in [2.05, 4.69) is 4.98 Å². The highest BCUT2D eigenvalue weighted by molar-refractivity contribution is 7.09. The Kier molecular flexibility index (Phi) is 7.05. The highest BCUT2D eigenvalue weighted by atomic mass is 32.1. The molecule has 0 fully saturated rings. The molecule has 4 rings (SSSR count). The number of methoxy groups -OCH3 is 1. The number of anilines is 1. The third-order valence-corrected chi connectivity index (χ3v) is 6.34. The number of fused-ring (bicyclic) bond motifs is 1. The average Bonchev–Trinajstić information content (AvgIpc) is 3.31. The van der Waals surface area contributed by atoms with E-state index in [-0.39, 0.29) is 12.5 Å². The van der Waals surface area contributed by atoms with Crippen molar-refractivity contribution in [3.63, 3.8) is 0 Å². The molecule has 0 aliphatic carbocycles. The van der Waals surface area contributed by atoms with E-state index in [1.165, 1.54) is 4.90 Å². The van der Waals surface area contributed by atoms with Crippen LogP contribution in [0.2, 0.25) is 0 Å². The zero-order valence-corrected chi connectivity index (χ0v) is 19.6. The van der Waals surface area contributed by atoms with Crippen LogP contribution in [0.5, 0.6) is 5.75 Å². The van der Waals surface area contributed by atoms with Gasteiger partial charge in [-0.15, -0.1) is 11.3 Å². The van der Waals surface area contributed by atoms with Gasteiger partial charge in [0.1, 0.15) is 18.4 Å². The van der Waals surface area contributed by atoms with Gasteiger partial charge >= 0.3 is 5.97 Å². The van der Waals surface area contributed by atoms with Gasteiger partial charge in [-0.3, -0.25) is 9.69 Å². The van der Waals surface area contributed by atoms with Crippen molar-refractivity contribution < 1.29 is 23.8 Å². The summed E-state index contributed by atoms with van der Waals surface area (Å²) in [5.74, 6) is -0.223. The first-order chi connectivity index (χ1) is 16.0. The standard InChI is InChI=1S/C25H26N2O5S/c1-16(25(29)31-14-18-7-5-4-6-8-18)27-21-13-19(9-10-22(21)32-17(2)24(27)28)20-15-33-23(26-20)11-12-30-3/h4-10,13,15-17H,11-12,14H2,1-3H3. The number of aromatic nitrogens is 1. The number of nitrogens with zero attached hydrogens (tertiary/aromatic N) is 2. The van der Waals surface area contributed by atoms with Gasteiger partial charge in [-0.2, -0.15) is 0 Å². The molecule has 0 saturated carbocycles. The summed E-state index contributed by atoms with van der Waals surface area (Å²) in [5, 5.41) is 2.95. The van der Waals surface area contributed by atoms with Gasteiger partial charge in [-0.25, -0.2) is 9.78 Å². The molecule has 0 radical (unpaired) electrons. The van der Waals surface area contributed by atoms with Gasteiger partial charge in [0.05, 0.1) is 23.0 Å². The lowest BCUT2D eigenvalue weighted by molar-refractivity contribution is -0.147. The largest absolute Gasteiger partial charge is 0.479 e. The molecule has 2 unspecified atom stereocenters. The second-order valence-corrected chi connectivity index (χ2v) is 8.73. The van der Waals surface area contributed by atoms with Crippen LogP contribution in [0, 0.1) is 0 Å². The number of thiazole rings is 1. The Bertz CT molecular complexity index is 1130. The number of benzene rings is 2. The molecule has 0 spiro atoms. The molecule has 0 N–H and O–H groups in total. The van der Waals surface area contributed by atoms with E-state index >= 15 is 0 Å². The fourth-order valence-electron chi connectivity index (χ4n) is 3.62. The molecule has 3 aromatic rings. The molecule has 0 bridgehead atoms. The van der Waals surface area contributed by atoms with Gasteiger partial charge in [0, 0.05) is 24.5 Å². The third-order valence-electron chi connectivity index (χ3n) is 5.43. The molecule has 2 heterocycles. The lowest BCUT2D eigenvalue weighted by atomic mass is 10.1. The normalized spacial score (nSPS) is 16.2. The Labute approximate surface area is 196 Å². The smallest absolute Gasteiger partial charge is 0.329 e. The van der Waals surface area contributed by atoms with Crippen molar-refractivity contribution in [1.82, 2.24) is 4.98 Å². The van der Waals surface area contributed by atoms with Crippen molar-refractivity contribution in [3.05, 3.63) is 64.5 Å². The molecular formula is C25H26N2O5S. The van der Waals surface area contributed by atoms with E-state index in [1.54, 1.807) is 32.3 Å². The quantitative estimate of drug-likeness (QED) is 0.462. The Morgan fingerprint density at radius 2 is 2.03 bits per heavy atom. The van der Waals surface area contributed by atoms with E-state index in [9.17, 15) is 9.59 Å². The molecule has 1 aliphatic heterocycles. The predicted octanol–water partition coefficient (Wildman–Crippen LogP) is 4.24. The van der Waals surface area contributed by atoms with E-state index in [0.29, 0.717) is 18.0 Å². The highest BCUT2D eigenvalue weighted by Crippen LogP contribution is 2.39. The van der Waals surface area contributed by atoms with Gasteiger partial charge in [0.2, 0.25) is 0 Å². The van der Waals surface area contributed by atoms with Crippen molar-refractivity contribution in [2.24, 2.45) is 0 Å². The van der Waals surface area contributed by atoms with Crippen LogP contribution in [0.3, 0.4) is 0 Å². The number of hydrogen-bond donors (Lipinski definition) is 0. The molecule has 0 saturated heterocycles. The lowest BCUT2D eigenvalue weighted by Gasteiger charge is -2.36. The first-order valence-electron chi connectivity index (χ1n) is 10.8. The molecule has 2 aromatic carbocycles. The molecule has 2 atom stereocenters. The zero-order valence-electron chi connectivity index (χ0n) is 18.8. The second-order valence-electron chi connectivity index (χ2n) is 7.79. The topological polar surface area (TPSA) is 78.0 Å². The maximum absolute atomic E-state index is 13.0. The van der Waals surface area contributed by atoms with Crippen LogP contribution < -0.4 is 9.64 Å². The maximum Gasteiger partial charge on any atom is 0.329 e. The van der Waals surface area contributed by atoms with Crippen LogP contribution in [0.4, 0.5) is 5.69 Å². The van der Waals surface area contributed by atoms with Gasteiger partial charge in [0.25, 0.3) is 5.91 Å². The number of ether oxygens (including phenoxy) is 3. The van der Waals surface area contributed by atoms with E-state index in [0.717, 1.165) is 28.2 Å². The van der Waals surface area contributed by atoms with Crippen molar-refractivity contribution in [2.75, 3.05) is 18.6 Å². The molecule has 1 amide bonds. The van der Waals surface area contributed by atoms with Crippen LogP contribution in [-0.4, -0.2) is 42.7 Å². The molecule has 172 valence electrons. The summed E-state index contributed by atoms with van der Waals surface area (Å²) >= 11 is 1.56. The monoisotopic (exact) mass is 466 g/mol. The number of hydrogen-bond acceptors (Lipinski definition) is 7. The molecule has 1 aromatic heterocycles. The van der Waals surface area contributed by atoms with E-state index < -0.39 is 18.1 Å². The van der Waals surface area contributed by atoms with Crippen LogP contribution >= 0.6 is 11.3 Å². The number of rotatable bonds is 8. The van der Waals surface area contributed by atoms with Crippen molar-refractivity contribution in [2.45, 2.75) is 39.0 Å². The van der Waals surface area contributed by atoms with Crippen LogP contribution in [-0.2, 0) is 32.1 Å². The van der Waals surface area contributed by atoms with Gasteiger partial charge in [0.15, 0.2) is 6.10 Å². The molecular weight excluding hydrogens is 440 g/mol. The Morgan fingerprint density at radius 1 is 1.24 bits per heavy atom. The summed E-state index contributed by atoms with van der Waals surface area (Å²) < 4.78 is 16.4. The number of carbonyl (C=O) groups is 2. The summed E-state index contributed by atoms with van der Waals surface area (Å²) in [5.41, 5.74) is 3.06. The minimum atomic E-state index is -0.811. The summed E-state index contributed by atoms with van der Waals surface area (Å²) in [6, 6.07) is 14.2. The Morgan fingerprint density at radius 3 is 2.79 bits per heavy atom. The van der Waals surface area contributed by atoms with Crippen LogP contribution in [0.15, 0.2) is 53.9 Å². The maximum atomic E-state index is 13.0. The van der Waals surface area contributed by atoms with Crippen LogP contribution in [0.1, 0.15) is 24.4 Å². The van der Waals surface area contributed by atoms with Crippen molar-refractivity contribution in [3.8, 4) is 17.0 Å². The summed E-state index contributed by atoms with van der Waals surface area (Å²) in [6.07, 6.45) is 0.0365. The molecule has 8 heteroatoms. The first kappa shape index (κ1) is 22.9. The second kappa shape index (κ2) is 10.1.